The fourth-order valence-corrected chi connectivity index (χ4v) is 4.74. The van der Waals surface area contributed by atoms with Gasteiger partial charge in [0.15, 0.2) is 15.7 Å². The Kier molecular flexibility index (Phi) is 7.17. The van der Waals surface area contributed by atoms with Crippen LogP contribution in [0.2, 0.25) is 0 Å². The van der Waals surface area contributed by atoms with Gasteiger partial charge in [0, 0.05) is 30.7 Å². The number of likely N-dealkylation sites (N-methyl/N-ethyl adjacent to an activating group) is 1. The maximum atomic E-state index is 12.7. The third-order valence-corrected chi connectivity index (χ3v) is 7.10. The molecule has 2 N–H and O–H groups in total. The Balaban J connectivity index is 1.63. The van der Waals surface area contributed by atoms with E-state index in [4.69, 9.17) is 0 Å². The van der Waals surface area contributed by atoms with Crippen LogP contribution >= 0.6 is 0 Å². The maximum absolute atomic E-state index is 12.7. The number of hydrogen-bond acceptors (Lipinski definition) is 8. The standard InChI is InChI=1S/C26H30N6O4S/c1-16(2)32-15-24(34)31(4)22-14-27-26(30-25(22)32)29-20-11-19(12-21(13-20)37(5,35)36)28-23(33)10-18-8-6-7-17(3)9-18/h6-9,11-14,16H,10,15H2,1-5H3,(H,28,33)(H,27,29,30). The lowest BCUT2D eigenvalue weighted by atomic mass is 10.1. The molecule has 11 heteroatoms. The lowest BCUT2D eigenvalue weighted by molar-refractivity contribution is -0.117. The average Bonchev–Trinajstić information content (AvgIpc) is 2.80. The normalized spacial score (nSPS) is 13.5. The molecule has 0 saturated carbocycles. The van der Waals surface area contributed by atoms with E-state index < -0.39 is 9.84 Å². The molecule has 0 bridgehead atoms. The molecule has 2 heterocycles. The monoisotopic (exact) mass is 522 g/mol. The van der Waals surface area contributed by atoms with Gasteiger partial charge in [0.05, 0.1) is 24.1 Å². The molecule has 0 radical (unpaired) electrons. The molecular weight excluding hydrogens is 492 g/mol. The summed E-state index contributed by atoms with van der Waals surface area (Å²) in [7, 11) is -1.90. The summed E-state index contributed by atoms with van der Waals surface area (Å²) in [4.78, 5) is 37.4. The minimum Gasteiger partial charge on any atom is -0.343 e. The van der Waals surface area contributed by atoms with Gasteiger partial charge in [-0.1, -0.05) is 29.8 Å². The second-order valence-electron chi connectivity index (χ2n) is 9.43. The lowest BCUT2D eigenvalue weighted by Gasteiger charge is -2.36. The van der Waals surface area contributed by atoms with Gasteiger partial charge in [-0.2, -0.15) is 4.98 Å². The van der Waals surface area contributed by atoms with Crippen molar-refractivity contribution < 1.29 is 18.0 Å². The number of fused-ring (bicyclic) bond motifs is 1. The molecule has 0 saturated heterocycles. The zero-order chi connectivity index (χ0) is 26.9. The van der Waals surface area contributed by atoms with E-state index in [-0.39, 0.29) is 41.7 Å². The maximum Gasteiger partial charge on any atom is 0.246 e. The Hall–Kier alpha value is -3.99. The van der Waals surface area contributed by atoms with Gasteiger partial charge in [-0.05, 0) is 44.5 Å². The number of sulfone groups is 1. The second kappa shape index (κ2) is 10.2. The third kappa shape index (κ3) is 6.05. The predicted octanol–water partition coefficient (Wildman–Crippen LogP) is 3.30. The number of rotatable bonds is 7. The van der Waals surface area contributed by atoms with Crippen molar-refractivity contribution in [1.29, 1.82) is 0 Å². The van der Waals surface area contributed by atoms with E-state index in [1.165, 1.54) is 17.0 Å². The van der Waals surface area contributed by atoms with Crippen LogP contribution in [-0.4, -0.2) is 56.1 Å². The van der Waals surface area contributed by atoms with Gasteiger partial charge in [-0.3, -0.25) is 9.59 Å². The van der Waals surface area contributed by atoms with Gasteiger partial charge in [0.2, 0.25) is 17.8 Å². The fraction of sp³-hybridized carbons (Fsp3) is 0.308. The Morgan fingerprint density at radius 1 is 1.14 bits per heavy atom. The van der Waals surface area contributed by atoms with Crippen molar-refractivity contribution in [3.05, 3.63) is 59.8 Å². The van der Waals surface area contributed by atoms with Crippen LogP contribution in [0.4, 0.5) is 28.8 Å². The van der Waals surface area contributed by atoms with E-state index in [1.807, 2.05) is 49.9 Å². The number of nitrogens with one attached hydrogen (secondary N) is 2. The smallest absolute Gasteiger partial charge is 0.246 e. The molecule has 4 rings (SSSR count). The fourth-order valence-electron chi connectivity index (χ4n) is 4.06. The first-order valence-corrected chi connectivity index (χ1v) is 13.7. The molecule has 1 aliphatic rings. The van der Waals surface area contributed by atoms with Gasteiger partial charge in [-0.15, -0.1) is 0 Å². The summed E-state index contributed by atoms with van der Waals surface area (Å²) >= 11 is 0. The Morgan fingerprint density at radius 3 is 2.54 bits per heavy atom. The molecule has 37 heavy (non-hydrogen) atoms. The van der Waals surface area contributed by atoms with Crippen LogP contribution in [0.5, 0.6) is 0 Å². The van der Waals surface area contributed by atoms with Crippen molar-refractivity contribution in [2.75, 3.05) is 40.3 Å². The zero-order valence-electron chi connectivity index (χ0n) is 21.4. The van der Waals surface area contributed by atoms with Gasteiger partial charge < -0.3 is 20.4 Å². The number of aryl methyl sites for hydroxylation is 1. The Morgan fingerprint density at radius 2 is 1.86 bits per heavy atom. The molecule has 0 spiro atoms. The highest BCUT2D eigenvalue weighted by molar-refractivity contribution is 7.90. The third-order valence-electron chi connectivity index (χ3n) is 6.01. The largest absolute Gasteiger partial charge is 0.343 e. The summed E-state index contributed by atoms with van der Waals surface area (Å²) in [5.74, 6) is 0.500. The van der Waals surface area contributed by atoms with E-state index in [2.05, 4.69) is 20.6 Å². The van der Waals surface area contributed by atoms with Crippen LogP contribution in [0, 0.1) is 6.92 Å². The van der Waals surface area contributed by atoms with E-state index in [0.717, 1.165) is 17.4 Å². The summed E-state index contributed by atoms with van der Waals surface area (Å²) in [5.41, 5.74) is 3.22. The average molecular weight is 523 g/mol. The number of aromatic nitrogens is 2. The summed E-state index contributed by atoms with van der Waals surface area (Å²) in [5, 5.41) is 5.85. The molecule has 10 nitrogen and oxygen atoms in total. The van der Waals surface area contributed by atoms with Crippen molar-refractivity contribution in [3.63, 3.8) is 0 Å². The van der Waals surface area contributed by atoms with Crippen molar-refractivity contribution in [1.82, 2.24) is 9.97 Å². The van der Waals surface area contributed by atoms with Gasteiger partial charge in [0.25, 0.3) is 0 Å². The minimum absolute atomic E-state index is 0.0305. The van der Waals surface area contributed by atoms with Crippen LogP contribution in [0.3, 0.4) is 0 Å². The summed E-state index contributed by atoms with van der Waals surface area (Å²) in [6.07, 6.45) is 2.81. The van der Waals surface area contributed by atoms with Crippen molar-refractivity contribution in [2.24, 2.45) is 0 Å². The molecule has 1 aliphatic heterocycles. The van der Waals surface area contributed by atoms with Gasteiger partial charge in [0.1, 0.15) is 5.69 Å². The van der Waals surface area contributed by atoms with Crippen LogP contribution in [0.25, 0.3) is 0 Å². The molecule has 0 unspecified atom stereocenters. The Bertz CT molecular complexity index is 1470. The molecule has 194 valence electrons. The number of benzene rings is 2. The molecule has 0 fully saturated rings. The van der Waals surface area contributed by atoms with Crippen LogP contribution < -0.4 is 20.4 Å². The predicted molar refractivity (Wildman–Crippen MR) is 144 cm³/mol. The van der Waals surface area contributed by atoms with Crippen LogP contribution in [0.1, 0.15) is 25.0 Å². The van der Waals surface area contributed by atoms with Crippen LogP contribution in [0.15, 0.2) is 53.6 Å². The highest BCUT2D eigenvalue weighted by Crippen LogP contribution is 2.33. The molecule has 2 amide bonds. The molecule has 0 atom stereocenters. The summed E-state index contributed by atoms with van der Waals surface area (Å²) in [6, 6.07) is 12.2. The second-order valence-corrected chi connectivity index (χ2v) is 11.4. The molecular formula is C26H30N6O4S. The van der Waals surface area contributed by atoms with E-state index in [1.54, 1.807) is 19.3 Å². The Labute approximate surface area is 216 Å². The molecule has 0 aliphatic carbocycles. The topological polar surface area (TPSA) is 125 Å². The number of amides is 2. The summed E-state index contributed by atoms with van der Waals surface area (Å²) < 4.78 is 24.7. The summed E-state index contributed by atoms with van der Waals surface area (Å²) in [6.45, 7) is 6.09. The van der Waals surface area contributed by atoms with E-state index in [9.17, 15) is 18.0 Å². The van der Waals surface area contributed by atoms with Crippen LogP contribution in [-0.2, 0) is 25.8 Å². The molecule has 3 aromatic rings. The number of hydrogen-bond donors (Lipinski definition) is 2. The highest BCUT2D eigenvalue weighted by Gasteiger charge is 2.30. The van der Waals surface area contributed by atoms with E-state index >= 15 is 0 Å². The van der Waals surface area contributed by atoms with E-state index in [0.29, 0.717) is 22.9 Å². The van der Waals surface area contributed by atoms with Gasteiger partial charge >= 0.3 is 0 Å². The first-order valence-electron chi connectivity index (χ1n) is 11.8. The number of nitrogens with zero attached hydrogens (tertiary/aromatic N) is 4. The first-order chi connectivity index (χ1) is 17.4. The zero-order valence-corrected chi connectivity index (χ0v) is 22.3. The number of carbonyl (C=O) groups excluding carboxylic acids is 2. The lowest BCUT2D eigenvalue weighted by Crippen LogP contribution is -2.47. The first kappa shape index (κ1) is 26.1. The minimum atomic E-state index is -3.57. The SMILES string of the molecule is Cc1cccc(CC(=O)Nc2cc(Nc3ncc4c(n3)N(C(C)C)CC(=O)N4C)cc(S(C)(=O)=O)c2)c1. The van der Waals surface area contributed by atoms with Crippen molar-refractivity contribution in [2.45, 2.75) is 38.1 Å². The molecule has 2 aromatic carbocycles. The highest BCUT2D eigenvalue weighted by atomic mass is 32.2. The number of carbonyl (C=O) groups is 2. The number of anilines is 5. The van der Waals surface area contributed by atoms with Crippen molar-refractivity contribution >= 4 is 50.5 Å². The quantitative estimate of drug-likeness (QED) is 0.484. The molecule has 1 aromatic heterocycles. The van der Waals surface area contributed by atoms with Gasteiger partial charge in [-0.25, -0.2) is 13.4 Å². The van der Waals surface area contributed by atoms with Crippen molar-refractivity contribution in [3.8, 4) is 0 Å².